The summed E-state index contributed by atoms with van der Waals surface area (Å²) in [6.07, 6.45) is 7.97. The molecule has 5 rings (SSSR count). The third-order valence-corrected chi connectivity index (χ3v) is 8.33. The molecular weight excluding hydrogens is 491 g/mol. The van der Waals surface area contributed by atoms with Gasteiger partial charge in [0, 0.05) is 18.3 Å². The molecule has 2 N–H and O–H groups in total. The number of phenols is 1. The van der Waals surface area contributed by atoms with Crippen molar-refractivity contribution in [3.8, 4) is 5.75 Å². The van der Waals surface area contributed by atoms with Gasteiger partial charge in [-0.3, -0.25) is 19.5 Å². The van der Waals surface area contributed by atoms with Crippen LogP contribution in [0.1, 0.15) is 63.6 Å². The molecule has 2 saturated heterocycles. The van der Waals surface area contributed by atoms with E-state index in [0.29, 0.717) is 37.7 Å². The van der Waals surface area contributed by atoms with Crippen LogP contribution in [0.3, 0.4) is 0 Å². The summed E-state index contributed by atoms with van der Waals surface area (Å²) in [7, 11) is -0.992. The second-order valence-corrected chi connectivity index (χ2v) is 10.9. The molecule has 2 fully saturated rings. The van der Waals surface area contributed by atoms with Crippen molar-refractivity contribution in [1.82, 2.24) is 9.88 Å². The van der Waals surface area contributed by atoms with Gasteiger partial charge < -0.3 is 14.8 Å². The van der Waals surface area contributed by atoms with Crippen LogP contribution in [0.4, 0.5) is 0 Å². The van der Waals surface area contributed by atoms with Crippen LogP contribution < -0.4 is 0 Å². The van der Waals surface area contributed by atoms with Crippen LogP contribution in [-0.4, -0.2) is 51.6 Å². The Balaban J connectivity index is 1.48. The van der Waals surface area contributed by atoms with E-state index in [1.165, 1.54) is 10.5 Å². The van der Waals surface area contributed by atoms with Gasteiger partial charge in [0.05, 0.1) is 23.6 Å². The minimum atomic E-state index is -0.992. The topological polar surface area (TPSA) is 100.0 Å². The predicted molar refractivity (Wildman–Crippen MR) is 151 cm³/mol. The zero-order valence-electron chi connectivity index (χ0n) is 22.8. The molecule has 2 aliphatic heterocycles. The van der Waals surface area contributed by atoms with Gasteiger partial charge >= 0.3 is 7.12 Å². The van der Waals surface area contributed by atoms with Gasteiger partial charge in [0.2, 0.25) is 11.8 Å². The summed E-state index contributed by atoms with van der Waals surface area (Å²) in [5, 5.41) is 21.2. The first-order chi connectivity index (χ1) is 18.9. The first-order valence-corrected chi connectivity index (χ1v) is 14.2. The van der Waals surface area contributed by atoms with E-state index in [-0.39, 0.29) is 35.5 Å². The summed E-state index contributed by atoms with van der Waals surface area (Å²) >= 11 is 0. The lowest BCUT2D eigenvalue weighted by molar-refractivity contribution is -0.140. The van der Waals surface area contributed by atoms with Gasteiger partial charge in [0.1, 0.15) is 5.75 Å². The standard InChI is InChI=1S/C31H37BN2O5/c1-3-9-22-18-23-29(31(37)34(16-4-2)30(23)36)24-19-32(38)39-27(28(22)24)14-13-20(25-11-7-8-15-33-25)17-21-10-5-6-12-26(21)35/h5-8,10-12,15,17,23-24,27,29,35,38H,3-4,9,13-14,16,18-19H2,1-2H3/b20-17-/t23-,24+,27-,29-/m1/s1. The van der Waals surface area contributed by atoms with Gasteiger partial charge in [-0.05, 0) is 79.8 Å². The van der Waals surface area contributed by atoms with E-state index in [9.17, 15) is 19.7 Å². The van der Waals surface area contributed by atoms with Crippen molar-refractivity contribution in [2.45, 2.75) is 64.8 Å². The zero-order chi connectivity index (χ0) is 27.5. The van der Waals surface area contributed by atoms with Gasteiger partial charge in [0.15, 0.2) is 0 Å². The Labute approximate surface area is 230 Å². The number of pyridine rings is 1. The number of nitrogens with zero attached hydrogens (tertiary/aromatic N) is 2. The number of likely N-dealkylation sites (tertiary alicyclic amines) is 1. The molecule has 8 heteroatoms. The molecule has 39 heavy (non-hydrogen) atoms. The number of imide groups is 1. The van der Waals surface area contributed by atoms with E-state index in [4.69, 9.17) is 4.65 Å². The van der Waals surface area contributed by atoms with Crippen molar-refractivity contribution < 1.29 is 24.4 Å². The Hall–Kier alpha value is -3.23. The molecule has 3 aliphatic rings. The Morgan fingerprint density at radius 1 is 1.10 bits per heavy atom. The van der Waals surface area contributed by atoms with Crippen molar-refractivity contribution in [3.63, 3.8) is 0 Å². The SMILES string of the molecule is CCCC1=C2[C@@H](CC/C(=C/c3ccccc3O)c3ccccn3)OB(O)C[C@@H]2[C@@H]2C(=O)N(CCC)C(=O)[C@@H]2C1. The van der Waals surface area contributed by atoms with E-state index in [1.54, 1.807) is 18.3 Å². The summed E-state index contributed by atoms with van der Waals surface area (Å²) in [5.74, 6) is -0.907. The Morgan fingerprint density at radius 3 is 2.62 bits per heavy atom. The Bertz CT molecular complexity index is 1280. The maximum atomic E-state index is 13.5. The smallest absolute Gasteiger partial charge is 0.455 e. The van der Waals surface area contributed by atoms with Crippen LogP contribution >= 0.6 is 0 Å². The number of carbonyl (C=O) groups is 2. The number of para-hydroxylation sites is 1. The van der Waals surface area contributed by atoms with Gasteiger partial charge in [-0.25, -0.2) is 0 Å². The first kappa shape index (κ1) is 27.3. The fourth-order valence-corrected chi connectivity index (χ4v) is 6.72. The lowest BCUT2D eigenvalue weighted by atomic mass is 9.58. The van der Waals surface area contributed by atoms with Crippen molar-refractivity contribution in [2.24, 2.45) is 17.8 Å². The van der Waals surface area contributed by atoms with Gasteiger partial charge in [-0.15, -0.1) is 0 Å². The molecule has 0 bridgehead atoms. The zero-order valence-corrected chi connectivity index (χ0v) is 22.8. The molecule has 0 spiro atoms. The largest absolute Gasteiger partial charge is 0.507 e. The lowest BCUT2D eigenvalue weighted by Crippen LogP contribution is -2.46. The van der Waals surface area contributed by atoms with E-state index in [1.807, 2.05) is 43.3 Å². The predicted octanol–water partition coefficient (Wildman–Crippen LogP) is 5.12. The van der Waals surface area contributed by atoms with Crippen LogP contribution in [0.15, 0.2) is 59.8 Å². The number of hydrogen-bond acceptors (Lipinski definition) is 6. The second-order valence-electron chi connectivity index (χ2n) is 10.9. The molecule has 1 aromatic heterocycles. The van der Waals surface area contributed by atoms with Crippen LogP contribution in [0, 0.1) is 17.8 Å². The number of benzene rings is 1. The summed E-state index contributed by atoms with van der Waals surface area (Å²) in [6.45, 7) is 4.55. The quantitative estimate of drug-likeness (QED) is 0.267. The molecule has 0 saturated carbocycles. The highest BCUT2D eigenvalue weighted by Gasteiger charge is 2.56. The number of fused-ring (bicyclic) bond motifs is 3. The van der Waals surface area contributed by atoms with Crippen LogP contribution in [0.2, 0.25) is 6.32 Å². The highest BCUT2D eigenvalue weighted by Crippen LogP contribution is 2.51. The Morgan fingerprint density at radius 2 is 1.90 bits per heavy atom. The fraction of sp³-hybridized carbons (Fsp3) is 0.452. The minimum absolute atomic E-state index is 0.0555. The van der Waals surface area contributed by atoms with E-state index in [2.05, 4.69) is 11.9 Å². The van der Waals surface area contributed by atoms with E-state index in [0.717, 1.165) is 36.1 Å². The maximum absolute atomic E-state index is 13.5. The molecule has 2 aromatic rings. The molecule has 4 atom stereocenters. The van der Waals surface area contributed by atoms with E-state index < -0.39 is 13.0 Å². The van der Waals surface area contributed by atoms with Crippen LogP contribution in [-0.2, 0) is 14.2 Å². The summed E-state index contributed by atoms with van der Waals surface area (Å²) in [4.78, 5) is 32.7. The number of aromatic hydroxyl groups is 1. The minimum Gasteiger partial charge on any atom is -0.507 e. The number of aromatic nitrogens is 1. The first-order valence-electron chi connectivity index (χ1n) is 14.2. The van der Waals surface area contributed by atoms with Gasteiger partial charge in [-0.1, -0.05) is 50.1 Å². The number of rotatable bonds is 9. The van der Waals surface area contributed by atoms with E-state index >= 15 is 0 Å². The lowest BCUT2D eigenvalue weighted by Gasteiger charge is -2.43. The monoisotopic (exact) mass is 528 g/mol. The molecule has 204 valence electrons. The second kappa shape index (κ2) is 11.9. The molecule has 1 aromatic carbocycles. The summed E-state index contributed by atoms with van der Waals surface area (Å²) in [6, 6.07) is 13.0. The molecule has 2 amide bonds. The van der Waals surface area contributed by atoms with Crippen molar-refractivity contribution in [1.29, 1.82) is 0 Å². The van der Waals surface area contributed by atoms with Crippen LogP contribution in [0.25, 0.3) is 11.6 Å². The fourth-order valence-electron chi connectivity index (χ4n) is 6.72. The highest BCUT2D eigenvalue weighted by atomic mass is 16.5. The average molecular weight is 528 g/mol. The molecule has 7 nitrogen and oxygen atoms in total. The van der Waals surface area contributed by atoms with Crippen molar-refractivity contribution in [3.05, 3.63) is 71.1 Å². The van der Waals surface area contributed by atoms with Gasteiger partial charge in [-0.2, -0.15) is 0 Å². The number of carbonyl (C=O) groups excluding carboxylic acids is 2. The number of amides is 2. The third-order valence-electron chi connectivity index (χ3n) is 8.33. The maximum Gasteiger partial charge on any atom is 0.455 e. The summed E-state index contributed by atoms with van der Waals surface area (Å²) < 4.78 is 6.17. The molecule has 3 heterocycles. The summed E-state index contributed by atoms with van der Waals surface area (Å²) in [5.41, 5.74) is 4.80. The average Bonchev–Trinajstić information content (AvgIpc) is 3.17. The number of hydrogen-bond donors (Lipinski definition) is 2. The molecule has 0 radical (unpaired) electrons. The molecule has 1 aliphatic carbocycles. The third kappa shape index (κ3) is 5.45. The van der Waals surface area contributed by atoms with Crippen molar-refractivity contribution >= 4 is 30.6 Å². The number of allylic oxidation sites excluding steroid dienone is 2. The molecule has 0 unspecified atom stereocenters. The highest BCUT2D eigenvalue weighted by molar-refractivity contribution is 6.43. The Kier molecular flexibility index (Phi) is 8.33. The van der Waals surface area contributed by atoms with Crippen molar-refractivity contribution in [2.75, 3.05) is 6.54 Å². The van der Waals surface area contributed by atoms with Gasteiger partial charge in [0.25, 0.3) is 0 Å². The number of phenolic OH excluding ortho intramolecular Hbond substituents is 1. The van der Waals surface area contributed by atoms with Crippen LogP contribution in [0.5, 0.6) is 5.75 Å². The molecular formula is C31H37BN2O5. The normalized spacial score (nSPS) is 25.3.